The first-order valence-electron chi connectivity index (χ1n) is 18.4. The lowest BCUT2D eigenvalue weighted by molar-refractivity contribution is -0.181. The largest absolute Gasteiger partial charge is 0.513 e. The zero-order chi connectivity index (χ0) is 42.0. The number of unbranched alkanes of at least 4 members (excludes halogenated alkanes) is 3. The summed E-state index contributed by atoms with van der Waals surface area (Å²) in [6.07, 6.45) is 3.75. The van der Waals surface area contributed by atoms with E-state index in [0.717, 1.165) is 30.2 Å². The number of fused-ring (bicyclic) bond motifs is 2. The van der Waals surface area contributed by atoms with E-state index in [4.69, 9.17) is 23.7 Å². The number of hydrogen-bond donors (Lipinski definition) is 2. The summed E-state index contributed by atoms with van der Waals surface area (Å²) in [4.78, 5) is 92.4. The van der Waals surface area contributed by atoms with E-state index in [1.54, 1.807) is 20.8 Å². The highest BCUT2D eigenvalue weighted by atomic mass is 32.2. The number of hydrogen-bond acceptors (Lipinski definition) is 16. The summed E-state index contributed by atoms with van der Waals surface area (Å²) < 4.78 is 48.6. The molecule has 6 atom stereocenters. The van der Waals surface area contributed by atoms with Crippen molar-refractivity contribution in [3.8, 4) is 5.75 Å². The van der Waals surface area contributed by atoms with Crippen LogP contribution in [-0.2, 0) is 57.6 Å². The van der Waals surface area contributed by atoms with Gasteiger partial charge in [-0.1, -0.05) is 38.3 Å². The second-order valence-electron chi connectivity index (χ2n) is 15.1. The van der Waals surface area contributed by atoms with Gasteiger partial charge in [-0.2, -0.15) is 0 Å². The Labute approximate surface area is 334 Å². The highest BCUT2D eigenvalue weighted by Gasteiger charge is 2.68. The number of esters is 3. The molecule has 18 nitrogen and oxygen atoms in total. The Morgan fingerprint density at radius 2 is 1.60 bits per heavy atom. The number of nitrogens with zero attached hydrogens (tertiary/aromatic N) is 2. The van der Waals surface area contributed by atoms with Crippen LogP contribution in [0.5, 0.6) is 5.75 Å². The quantitative estimate of drug-likeness (QED) is 0.0463. The molecule has 3 amide bonds. The van der Waals surface area contributed by atoms with Crippen LogP contribution in [-0.4, -0.2) is 119 Å². The van der Waals surface area contributed by atoms with E-state index in [0.29, 0.717) is 12.0 Å². The van der Waals surface area contributed by atoms with Crippen LogP contribution >= 0.6 is 11.8 Å². The van der Waals surface area contributed by atoms with Gasteiger partial charge in [0.15, 0.2) is 9.84 Å². The summed E-state index contributed by atoms with van der Waals surface area (Å²) >= 11 is 1.24. The first kappa shape index (κ1) is 43.3. The Morgan fingerprint density at radius 3 is 2.21 bits per heavy atom. The van der Waals surface area contributed by atoms with E-state index in [2.05, 4.69) is 17.6 Å². The van der Waals surface area contributed by atoms with Crippen molar-refractivity contribution >= 4 is 63.4 Å². The number of nitrogens with one attached hydrogen (secondary N) is 2. The molecule has 1 aromatic carbocycles. The van der Waals surface area contributed by atoms with Gasteiger partial charge in [0.2, 0.25) is 24.5 Å². The average molecular weight is 837 g/mol. The molecule has 312 valence electrons. The Morgan fingerprint density at radius 1 is 0.947 bits per heavy atom. The van der Waals surface area contributed by atoms with Crippen LogP contribution in [0.4, 0.5) is 4.79 Å². The minimum atomic E-state index is -3.86. The minimum Gasteiger partial charge on any atom is -0.466 e. The second kappa shape index (κ2) is 16.9. The third-order valence-electron chi connectivity index (χ3n) is 10.4. The molecule has 20 heteroatoms. The number of sulfone groups is 1. The molecular formula is C37H48N4O14S2. The summed E-state index contributed by atoms with van der Waals surface area (Å²) in [5.74, 6) is -4.20. The molecule has 0 bridgehead atoms. The molecule has 0 aromatic heterocycles. The van der Waals surface area contributed by atoms with Gasteiger partial charge in [-0.15, -0.1) is 11.8 Å². The van der Waals surface area contributed by atoms with Gasteiger partial charge in [-0.25, -0.2) is 27.6 Å². The fourth-order valence-corrected chi connectivity index (χ4v) is 11.0. The van der Waals surface area contributed by atoms with Crippen LogP contribution in [0.25, 0.3) is 0 Å². The zero-order valence-electron chi connectivity index (χ0n) is 32.7. The molecule has 1 unspecified atom stereocenters. The smallest absolute Gasteiger partial charge is 0.466 e. The highest BCUT2D eigenvalue weighted by Crippen LogP contribution is 2.51. The number of carbonyl (C=O) groups excluding carboxylic acids is 7. The van der Waals surface area contributed by atoms with Gasteiger partial charge < -0.3 is 44.1 Å². The first-order valence-corrected chi connectivity index (χ1v) is 20.8. The van der Waals surface area contributed by atoms with Crippen LogP contribution in [0.15, 0.2) is 36.0 Å². The van der Waals surface area contributed by atoms with Gasteiger partial charge in [0.1, 0.15) is 40.7 Å². The number of rotatable bonds is 16. The maximum absolute atomic E-state index is 13.9. The zero-order valence-corrected chi connectivity index (χ0v) is 34.4. The fraction of sp³-hybridized carbons (Fsp3) is 0.595. The third-order valence-corrected chi connectivity index (χ3v) is 14.7. The molecule has 4 heterocycles. The maximum Gasteiger partial charge on any atom is 0.513 e. The number of amides is 3. The fourth-order valence-electron chi connectivity index (χ4n) is 7.22. The number of thioether (sulfide) groups is 1. The molecule has 4 fully saturated rings. The van der Waals surface area contributed by atoms with Crippen molar-refractivity contribution < 1.29 is 65.7 Å². The summed E-state index contributed by atoms with van der Waals surface area (Å²) in [5, 5.41) is 3.90. The SMILES string of the molecule is CCCCCCOC(=O)Oc1ccc(C(NC(C)=CC(=O)OC)C(=O)N[C@@H]2C(=O)N3[C@@H]2SC(C)(C)[C@@H]3C(=O)OCOC(=O)[C@@H]2N3C(=O)C[C@H]3S(=O)(=O)C2(C)C)cc1. The third kappa shape index (κ3) is 8.56. The predicted octanol–water partition coefficient (Wildman–Crippen LogP) is 2.21. The Bertz CT molecular complexity index is 1930. The molecule has 5 rings (SSSR count). The van der Waals surface area contributed by atoms with E-state index < -0.39 is 103 Å². The van der Waals surface area contributed by atoms with Gasteiger partial charge in [-0.05, 0) is 58.7 Å². The Kier molecular flexibility index (Phi) is 12.9. The second-order valence-corrected chi connectivity index (χ2v) is 19.5. The van der Waals surface area contributed by atoms with E-state index in [1.165, 1.54) is 61.9 Å². The number of allylic oxidation sites excluding steroid dienone is 1. The van der Waals surface area contributed by atoms with E-state index in [1.807, 2.05) is 0 Å². The summed E-state index contributed by atoms with van der Waals surface area (Å²) in [6.45, 7) is 9.02. The molecule has 2 N–H and O–H groups in total. The number of β-lactam (4-membered cyclic amide) rings is 2. The van der Waals surface area contributed by atoms with Gasteiger partial charge in [-0.3, -0.25) is 14.4 Å². The number of carbonyl (C=O) groups is 7. The summed E-state index contributed by atoms with van der Waals surface area (Å²) in [6, 6.07) is 1.21. The maximum atomic E-state index is 13.9. The van der Waals surface area contributed by atoms with E-state index in [9.17, 15) is 42.0 Å². The van der Waals surface area contributed by atoms with Crippen LogP contribution in [0.2, 0.25) is 0 Å². The molecule has 4 saturated heterocycles. The monoisotopic (exact) mass is 836 g/mol. The van der Waals surface area contributed by atoms with Crippen molar-refractivity contribution in [1.82, 2.24) is 20.4 Å². The number of methoxy groups -OCH3 is 1. The number of benzene rings is 1. The predicted molar refractivity (Wildman–Crippen MR) is 201 cm³/mol. The summed E-state index contributed by atoms with van der Waals surface area (Å²) in [5.41, 5.74) is 0.654. The molecule has 4 aliphatic rings. The number of ether oxygens (including phenoxy) is 5. The van der Waals surface area contributed by atoms with Crippen LogP contribution in [0.1, 0.15) is 85.3 Å². The lowest BCUT2D eigenvalue weighted by Gasteiger charge is -2.44. The van der Waals surface area contributed by atoms with Gasteiger partial charge in [0, 0.05) is 16.5 Å². The van der Waals surface area contributed by atoms with Crippen LogP contribution in [0, 0.1) is 0 Å². The van der Waals surface area contributed by atoms with Gasteiger partial charge in [0.05, 0.1) is 24.9 Å². The van der Waals surface area contributed by atoms with Gasteiger partial charge in [0.25, 0.3) is 0 Å². The Hall–Kier alpha value is -4.85. The van der Waals surface area contributed by atoms with Crippen molar-refractivity contribution in [3.63, 3.8) is 0 Å². The molecule has 1 aromatic rings. The van der Waals surface area contributed by atoms with E-state index in [-0.39, 0.29) is 24.5 Å². The molecule has 0 radical (unpaired) electrons. The van der Waals surface area contributed by atoms with Crippen molar-refractivity contribution in [2.24, 2.45) is 0 Å². The van der Waals surface area contributed by atoms with E-state index >= 15 is 0 Å². The molecule has 57 heavy (non-hydrogen) atoms. The van der Waals surface area contributed by atoms with Crippen molar-refractivity contribution in [3.05, 3.63) is 41.6 Å². The average Bonchev–Trinajstić information content (AvgIpc) is 3.47. The van der Waals surface area contributed by atoms with Gasteiger partial charge >= 0.3 is 24.1 Å². The molecule has 4 aliphatic heterocycles. The Balaban J connectivity index is 1.21. The topological polar surface area (TPSA) is 230 Å². The molecular weight excluding hydrogens is 789 g/mol. The van der Waals surface area contributed by atoms with Crippen molar-refractivity contribution in [1.29, 1.82) is 0 Å². The van der Waals surface area contributed by atoms with Crippen LogP contribution in [0.3, 0.4) is 0 Å². The normalized spacial score (nSPS) is 25.5. The molecule has 0 aliphatic carbocycles. The molecule has 0 spiro atoms. The lowest BCUT2D eigenvalue weighted by atomic mass is 9.95. The molecule has 0 saturated carbocycles. The standard InChI is InChI=1S/C37H48N4O14S2/c1-8-9-10-11-16-52-35(48)55-22-14-12-21(13-15-22)26(38-20(2)17-25(43)51-7)30(44)39-27-31(45)41-28(36(3,4)56-32(27)41)33(46)53-19-54-34(47)29-37(5,6)57(49,50)24-18-23(42)40(24)29/h12-15,17,24,26-29,32,38H,8-11,16,18-19H2,1-7H3,(H,39,44)/t24-,26?,27-,28+,29+,32-/m1/s1. The summed E-state index contributed by atoms with van der Waals surface area (Å²) in [7, 11) is -2.66. The van der Waals surface area contributed by atoms with Crippen LogP contribution < -0.4 is 15.4 Å². The lowest BCUT2D eigenvalue weighted by Crippen LogP contribution is -2.71. The first-order chi connectivity index (χ1) is 26.8. The minimum absolute atomic E-state index is 0.163. The van der Waals surface area contributed by atoms with Crippen molar-refractivity contribution in [2.45, 2.75) is 118 Å². The van der Waals surface area contributed by atoms with Crippen molar-refractivity contribution in [2.75, 3.05) is 20.5 Å². The highest BCUT2D eigenvalue weighted by molar-refractivity contribution is 8.01.